The van der Waals surface area contributed by atoms with Crippen LogP contribution in [0, 0.1) is 0 Å². The van der Waals surface area contributed by atoms with Gasteiger partial charge in [0, 0.05) is 20.2 Å². The zero-order valence-corrected chi connectivity index (χ0v) is 14.0. The maximum absolute atomic E-state index is 11.5. The number of carbonyl (C=O) groups is 1. The van der Waals surface area contributed by atoms with Crippen molar-refractivity contribution in [2.75, 3.05) is 41.5 Å². The highest BCUT2D eigenvalue weighted by molar-refractivity contribution is 6.52. The number of carbonyl (C=O) groups excluding carboxylic acids is 1. The van der Waals surface area contributed by atoms with E-state index >= 15 is 0 Å². The minimum absolute atomic E-state index is 0.0876. The number of hydrogen-bond acceptors (Lipinski definition) is 8. The van der Waals surface area contributed by atoms with Crippen LogP contribution in [-0.2, 0) is 37.6 Å². The van der Waals surface area contributed by atoms with Crippen LogP contribution in [0.1, 0.15) is 13.3 Å². The van der Waals surface area contributed by atoms with Crippen LogP contribution >= 0.6 is 0 Å². The summed E-state index contributed by atoms with van der Waals surface area (Å²) in [5.41, 5.74) is 0. The maximum Gasteiger partial charge on any atom is 0.764 e. The zero-order valence-electron chi connectivity index (χ0n) is 13.0. The molecule has 0 aliphatic carbocycles. The third-order valence-corrected chi connectivity index (χ3v) is 3.83. The largest absolute Gasteiger partial charge is 0.764 e. The summed E-state index contributed by atoms with van der Waals surface area (Å²) in [6.45, 7) is 2.46. The van der Waals surface area contributed by atoms with Crippen molar-refractivity contribution in [2.45, 2.75) is 13.3 Å². The predicted molar refractivity (Wildman–Crippen MR) is 73.1 cm³/mol. The van der Waals surface area contributed by atoms with Gasteiger partial charge in [-0.1, -0.05) is 6.08 Å². The van der Waals surface area contributed by atoms with Gasteiger partial charge in [-0.05, 0) is 19.4 Å². The lowest BCUT2D eigenvalue weighted by atomic mass is 10.4. The second kappa shape index (κ2) is 11.8. The molecule has 0 atom stereocenters. The van der Waals surface area contributed by atoms with Gasteiger partial charge in [0.15, 0.2) is 0 Å². The van der Waals surface area contributed by atoms with Crippen LogP contribution in [-0.4, -0.2) is 61.4 Å². The number of allylic oxidation sites excluding steroid dienone is 1. The van der Waals surface area contributed by atoms with Crippen molar-refractivity contribution in [1.82, 2.24) is 4.90 Å². The lowest BCUT2D eigenvalue weighted by Gasteiger charge is -2.23. The highest BCUT2D eigenvalue weighted by atomic mass is 28.4. The fourth-order valence-electron chi connectivity index (χ4n) is 1.30. The molecule has 0 rings (SSSR count). The number of hydrogen-bond donors (Lipinski definition) is 0. The molecule has 0 saturated heterocycles. The van der Waals surface area contributed by atoms with Gasteiger partial charge < -0.3 is 9.33 Å². The summed E-state index contributed by atoms with van der Waals surface area (Å²) in [5.74, 6) is -0.0876. The molecule has 0 radical (unpaired) electrons. The molecular weight excluding hydrogens is 302 g/mol. The van der Waals surface area contributed by atoms with E-state index in [4.69, 9.17) is 18.2 Å². The number of amides is 1. The first kappa shape index (κ1) is 20.1. The molecule has 0 bridgehead atoms. The topological polar surface area (TPSA) is 84.9 Å². The average molecular weight is 325 g/mol. The van der Waals surface area contributed by atoms with Crippen molar-refractivity contribution in [3.63, 3.8) is 0 Å². The molecule has 9 nitrogen and oxygen atoms in total. The summed E-state index contributed by atoms with van der Waals surface area (Å²) < 4.78 is 19.9. The third kappa shape index (κ3) is 8.23. The second-order valence-corrected chi connectivity index (χ2v) is 5.50. The van der Waals surface area contributed by atoms with Gasteiger partial charge in [-0.15, -0.1) is 0 Å². The second-order valence-electron chi connectivity index (χ2n) is 3.71. The van der Waals surface area contributed by atoms with Gasteiger partial charge in [0.25, 0.3) is 0 Å². The van der Waals surface area contributed by atoms with E-state index in [9.17, 15) is 4.79 Å². The van der Waals surface area contributed by atoms with Crippen molar-refractivity contribution < 1.29 is 37.6 Å². The monoisotopic (exact) mass is 325 g/mol. The van der Waals surface area contributed by atoms with Crippen LogP contribution in [0.2, 0.25) is 0 Å². The smallest absolute Gasteiger partial charge is 0.347 e. The van der Waals surface area contributed by atoms with Crippen LogP contribution in [0.3, 0.4) is 0 Å². The molecule has 0 unspecified atom stereocenters. The molecule has 0 aromatic carbocycles. The minimum atomic E-state index is -3.69. The lowest BCUT2D eigenvalue weighted by Crippen LogP contribution is -2.49. The van der Waals surface area contributed by atoms with Gasteiger partial charge in [0.1, 0.15) is 0 Å². The van der Waals surface area contributed by atoms with Gasteiger partial charge >= 0.3 is 9.05 Å². The zero-order chi connectivity index (χ0) is 16.1. The van der Waals surface area contributed by atoms with Crippen molar-refractivity contribution >= 4 is 15.0 Å². The minimum Gasteiger partial charge on any atom is -0.347 e. The standard InChI is InChI=1S/C11H23NO8Si/c1-6-8-11(13)12(2)9-7-10-17-21(18-14-3,19-15-4)20-16-5/h6,8H,7,9-10H2,1-5H3. The Morgan fingerprint density at radius 1 is 1.10 bits per heavy atom. The highest BCUT2D eigenvalue weighted by Gasteiger charge is 2.51. The fourth-order valence-corrected chi connectivity index (χ4v) is 2.53. The maximum atomic E-state index is 11.5. The molecule has 0 aliphatic heterocycles. The Morgan fingerprint density at radius 2 is 1.62 bits per heavy atom. The first-order chi connectivity index (χ1) is 10.0. The fraction of sp³-hybridized carbons (Fsp3) is 0.727. The Hall–Kier alpha value is -0.853. The molecule has 0 aromatic heterocycles. The van der Waals surface area contributed by atoms with Gasteiger partial charge in [0.05, 0.1) is 21.3 Å². The van der Waals surface area contributed by atoms with Crippen molar-refractivity contribution in [1.29, 1.82) is 0 Å². The molecule has 0 spiro atoms. The summed E-state index contributed by atoms with van der Waals surface area (Å²) in [7, 11) is 1.81. The van der Waals surface area contributed by atoms with Gasteiger partial charge in [-0.2, -0.15) is 13.7 Å². The van der Waals surface area contributed by atoms with Crippen molar-refractivity contribution in [2.24, 2.45) is 0 Å². The molecule has 0 fully saturated rings. The van der Waals surface area contributed by atoms with Crippen LogP contribution in [0.4, 0.5) is 0 Å². The molecule has 0 saturated carbocycles. The molecule has 10 heteroatoms. The van der Waals surface area contributed by atoms with Crippen LogP contribution < -0.4 is 0 Å². The summed E-state index contributed by atoms with van der Waals surface area (Å²) in [5, 5.41) is 0. The summed E-state index contributed by atoms with van der Waals surface area (Å²) in [6, 6.07) is 0. The van der Waals surface area contributed by atoms with Crippen LogP contribution in [0.5, 0.6) is 0 Å². The van der Waals surface area contributed by atoms with E-state index in [-0.39, 0.29) is 12.5 Å². The summed E-state index contributed by atoms with van der Waals surface area (Å²) in [4.78, 5) is 26.6. The van der Waals surface area contributed by atoms with Crippen LogP contribution in [0.15, 0.2) is 12.2 Å². The molecule has 0 heterocycles. The predicted octanol–water partition coefficient (Wildman–Crippen LogP) is 0.597. The molecule has 0 N–H and O–H groups in total. The van der Waals surface area contributed by atoms with Gasteiger partial charge in [-0.25, -0.2) is 14.7 Å². The Labute approximate surface area is 125 Å². The normalized spacial score (nSPS) is 12.0. The van der Waals surface area contributed by atoms with Gasteiger partial charge in [-0.3, -0.25) is 4.79 Å². The molecule has 21 heavy (non-hydrogen) atoms. The summed E-state index contributed by atoms with van der Waals surface area (Å²) in [6.07, 6.45) is 3.69. The average Bonchev–Trinajstić information content (AvgIpc) is 2.44. The number of nitrogens with zero attached hydrogens (tertiary/aromatic N) is 1. The third-order valence-electron chi connectivity index (χ3n) is 2.16. The van der Waals surface area contributed by atoms with Crippen LogP contribution in [0.25, 0.3) is 0 Å². The number of likely N-dealkylation sites (N-methyl/N-ethyl adjacent to an activating group) is 1. The molecular formula is C11H23NO8Si. The first-order valence-corrected chi connectivity index (χ1v) is 7.85. The summed E-state index contributed by atoms with van der Waals surface area (Å²) >= 11 is 0. The molecule has 0 aromatic rings. The number of rotatable bonds is 12. The van der Waals surface area contributed by atoms with E-state index in [2.05, 4.69) is 14.7 Å². The Kier molecular flexibility index (Phi) is 11.3. The molecule has 124 valence electrons. The SMILES string of the molecule is CC=CC(=O)N(C)CCCO[Si](OOC)(OOC)OOC. The van der Waals surface area contributed by atoms with Gasteiger partial charge in [0.2, 0.25) is 5.91 Å². The van der Waals surface area contributed by atoms with Crippen molar-refractivity contribution in [3.05, 3.63) is 12.2 Å². The first-order valence-electron chi connectivity index (χ1n) is 6.22. The Morgan fingerprint density at radius 3 is 2.05 bits per heavy atom. The van der Waals surface area contributed by atoms with Crippen molar-refractivity contribution in [3.8, 4) is 0 Å². The molecule has 0 aliphatic rings. The molecule has 1 amide bonds. The Bertz CT molecular complexity index is 298. The van der Waals surface area contributed by atoms with E-state index in [0.29, 0.717) is 13.0 Å². The lowest BCUT2D eigenvalue weighted by molar-refractivity contribution is -0.370. The Balaban J connectivity index is 4.26. The van der Waals surface area contributed by atoms with E-state index in [1.165, 1.54) is 27.4 Å². The van der Waals surface area contributed by atoms with E-state index in [1.807, 2.05) is 0 Å². The van der Waals surface area contributed by atoms with E-state index in [0.717, 1.165) is 0 Å². The van der Waals surface area contributed by atoms with E-state index < -0.39 is 9.05 Å². The highest BCUT2D eigenvalue weighted by Crippen LogP contribution is 2.13. The van der Waals surface area contributed by atoms with E-state index in [1.54, 1.807) is 24.9 Å². The quantitative estimate of drug-likeness (QED) is 0.169.